The third-order valence-corrected chi connectivity index (χ3v) is 4.58. The lowest BCUT2D eigenvalue weighted by atomic mass is 10.2. The fourth-order valence-electron chi connectivity index (χ4n) is 1.73. The first kappa shape index (κ1) is 16.5. The molecule has 0 aliphatic rings. The second kappa shape index (κ2) is 6.71. The summed E-state index contributed by atoms with van der Waals surface area (Å²) in [5, 5.41) is 8.95. The molecule has 112 valence electrons. The molecule has 0 amide bonds. The van der Waals surface area contributed by atoms with Crippen LogP contribution >= 0.6 is 0 Å². The van der Waals surface area contributed by atoms with Gasteiger partial charge in [0.2, 0.25) is 0 Å². The van der Waals surface area contributed by atoms with Crippen molar-refractivity contribution < 1.29 is 23.1 Å². The van der Waals surface area contributed by atoms with Gasteiger partial charge in [0.25, 0.3) is 0 Å². The van der Waals surface area contributed by atoms with Crippen LogP contribution in [0.15, 0.2) is 23.1 Å². The third kappa shape index (κ3) is 4.21. The van der Waals surface area contributed by atoms with Crippen molar-refractivity contribution in [3.63, 3.8) is 0 Å². The highest BCUT2D eigenvalue weighted by atomic mass is 32.2. The van der Waals surface area contributed by atoms with E-state index in [2.05, 4.69) is 0 Å². The van der Waals surface area contributed by atoms with E-state index in [1.807, 2.05) is 19.0 Å². The molecule has 0 spiro atoms. The molecule has 1 N–H and O–H groups in total. The van der Waals surface area contributed by atoms with Crippen LogP contribution in [0.2, 0.25) is 0 Å². The van der Waals surface area contributed by atoms with Gasteiger partial charge in [0, 0.05) is 0 Å². The molecule has 7 heteroatoms. The average molecular weight is 301 g/mol. The number of rotatable bonds is 7. The summed E-state index contributed by atoms with van der Waals surface area (Å²) < 4.78 is 29.6. The van der Waals surface area contributed by atoms with Crippen LogP contribution in [0.5, 0.6) is 5.75 Å². The molecule has 0 fully saturated rings. The van der Waals surface area contributed by atoms with Gasteiger partial charge >= 0.3 is 5.97 Å². The summed E-state index contributed by atoms with van der Waals surface area (Å²) in [5.74, 6) is -1.05. The summed E-state index contributed by atoms with van der Waals surface area (Å²) in [6.45, 7) is 0.639. The van der Waals surface area contributed by atoms with E-state index in [0.29, 0.717) is 13.0 Å². The number of carbonyl (C=O) groups is 1. The largest absolute Gasteiger partial charge is 0.495 e. The van der Waals surface area contributed by atoms with Crippen molar-refractivity contribution >= 4 is 15.8 Å². The maximum Gasteiger partial charge on any atom is 0.335 e. The molecule has 0 unspecified atom stereocenters. The minimum Gasteiger partial charge on any atom is -0.495 e. The summed E-state index contributed by atoms with van der Waals surface area (Å²) in [5.41, 5.74) is -0.0722. The SMILES string of the molecule is COc1ccc(C(=O)O)cc1S(=O)(=O)CCCN(C)C. The van der Waals surface area contributed by atoms with Gasteiger partial charge in [-0.25, -0.2) is 13.2 Å². The Morgan fingerprint density at radius 1 is 1.35 bits per heavy atom. The van der Waals surface area contributed by atoms with Gasteiger partial charge in [-0.05, 0) is 45.3 Å². The molecule has 6 nitrogen and oxygen atoms in total. The van der Waals surface area contributed by atoms with E-state index >= 15 is 0 Å². The van der Waals surface area contributed by atoms with Gasteiger partial charge in [0.1, 0.15) is 10.6 Å². The van der Waals surface area contributed by atoms with Crippen molar-refractivity contribution in [2.24, 2.45) is 0 Å². The molecule has 0 radical (unpaired) electrons. The van der Waals surface area contributed by atoms with Crippen molar-refractivity contribution in [2.75, 3.05) is 33.5 Å². The van der Waals surface area contributed by atoms with Crippen LogP contribution in [0.3, 0.4) is 0 Å². The van der Waals surface area contributed by atoms with E-state index in [9.17, 15) is 13.2 Å². The lowest BCUT2D eigenvalue weighted by Crippen LogP contribution is -2.18. The van der Waals surface area contributed by atoms with Crippen LogP contribution in [-0.2, 0) is 9.84 Å². The number of carboxylic acid groups (broad SMARTS) is 1. The minimum absolute atomic E-state index is 0.0510. The molecule has 20 heavy (non-hydrogen) atoms. The molecule has 0 saturated carbocycles. The fourth-order valence-corrected chi connectivity index (χ4v) is 3.23. The Labute approximate surface area is 118 Å². The van der Waals surface area contributed by atoms with Gasteiger partial charge < -0.3 is 14.7 Å². The lowest BCUT2D eigenvalue weighted by molar-refractivity contribution is 0.0696. The zero-order valence-corrected chi connectivity index (χ0v) is 12.6. The Balaban J connectivity index is 3.08. The summed E-state index contributed by atoms with van der Waals surface area (Å²) in [6.07, 6.45) is 0.468. The number of aromatic carboxylic acids is 1. The highest BCUT2D eigenvalue weighted by Gasteiger charge is 2.21. The standard InChI is InChI=1S/C13H19NO5S/c1-14(2)7-4-8-20(17,18)12-9-10(13(15)16)5-6-11(12)19-3/h5-6,9H,4,7-8H2,1-3H3,(H,15,16). The molecule has 0 heterocycles. The number of methoxy groups -OCH3 is 1. The Morgan fingerprint density at radius 3 is 2.50 bits per heavy atom. The Hall–Kier alpha value is -1.60. The van der Waals surface area contributed by atoms with Crippen molar-refractivity contribution in [2.45, 2.75) is 11.3 Å². The molecule has 1 rings (SSSR count). The van der Waals surface area contributed by atoms with Crippen LogP contribution in [0, 0.1) is 0 Å². The van der Waals surface area contributed by atoms with Crippen molar-refractivity contribution in [1.29, 1.82) is 0 Å². The second-order valence-electron chi connectivity index (χ2n) is 4.65. The number of hydrogen-bond donors (Lipinski definition) is 1. The maximum absolute atomic E-state index is 12.3. The monoisotopic (exact) mass is 301 g/mol. The molecular weight excluding hydrogens is 282 g/mol. The van der Waals surface area contributed by atoms with Gasteiger partial charge in [0.15, 0.2) is 9.84 Å². The summed E-state index contributed by atoms with van der Waals surface area (Å²) in [6, 6.07) is 3.83. The third-order valence-electron chi connectivity index (χ3n) is 2.76. The number of benzene rings is 1. The second-order valence-corrected chi connectivity index (χ2v) is 6.72. The van der Waals surface area contributed by atoms with Gasteiger partial charge in [-0.15, -0.1) is 0 Å². The predicted octanol–water partition coefficient (Wildman–Crippen LogP) is 1.12. The molecule has 0 bridgehead atoms. The molecule has 0 aromatic heterocycles. The summed E-state index contributed by atoms with van der Waals surface area (Å²) >= 11 is 0. The zero-order chi connectivity index (χ0) is 15.3. The van der Waals surface area contributed by atoms with E-state index in [4.69, 9.17) is 9.84 Å². The van der Waals surface area contributed by atoms with E-state index in [0.717, 1.165) is 6.07 Å². The quantitative estimate of drug-likeness (QED) is 0.812. The van der Waals surface area contributed by atoms with Crippen LogP contribution in [0.4, 0.5) is 0 Å². The minimum atomic E-state index is -3.57. The van der Waals surface area contributed by atoms with Crippen LogP contribution < -0.4 is 4.74 Å². The Kier molecular flexibility index (Phi) is 5.52. The first-order valence-electron chi connectivity index (χ1n) is 6.06. The summed E-state index contributed by atoms with van der Waals surface area (Å²) in [4.78, 5) is 12.8. The molecule has 1 aromatic rings. The molecule has 1 aromatic carbocycles. The fraction of sp³-hybridized carbons (Fsp3) is 0.462. The molecular formula is C13H19NO5S. The van der Waals surface area contributed by atoms with E-state index < -0.39 is 15.8 Å². The highest BCUT2D eigenvalue weighted by Crippen LogP contribution is 2.26. The van der Waals surface area contributed by atoms with Gasteiger partial charge in [-0.1, -0.05) is 0 Å². The molecule has 0 saturated heterocycles. The highest BCUT2D eigenvalue weighted by molar-refractivity contribution is 7.91. The Morgan fingerprint density at radius 2 is 2.00 bits per heavy atom. The van der Waals surface area contributed by atoms with Crippen molar-refractivity contribution in [3.05, 3.63) is 23.8 Å². The Bertz CT molecular complexity index is 580. The maximum atomic E-state index is 12.3. The predicted molar refractivity (Wildman–Crippen MR) is 75.2 cm³/mol. The van der Waals surface area contributed by atoms with Crippen LogP contribution in [0.25, 0.3) is 0 Å². The van der Waals surface area contributed by atoms with Crippen LogP contribution in [0.1, 0.15) is 16.8 Å². The number of ether oxygens (including phenoxy) is 1. The lowest BCUT2D eigenvalue weighted by Gasteiger charge is -2.12. The van der Waals surface area contributed by atoms with Gasteiger partial charge in [-0.2, -0.15) is 0 Å². The molecule has 0 aliphatic heterocycles. The number of carboxylic acids is 1. The van der Waals surface area contributed by atoms with Gasteiger partial charge in [0.05, 0.1) is 18.4 Å². The number of sulfone groups is 1. The summed E-state index contributed by atoms with van der Waals surface area (Å²) in [7, 11) is 1.50. The van der Waals surface area contributed by atoms with Crippen molar-refractivity contribution in [3.8, 4) is 5.75 Å². The average Bonchev–Trinajstić information content (AvgIpc) is 2.37. The van der Waals surface area contributed by atoms with Crippen LogP contribution in [-0.4, -0.2) is 57.9 Å². The van der Waals surface area contributed by atoms with E-state index in [1.54, 1.807) is 0 Å². The molecule has 0 atom stereocenters. The topological polar surface area (TPSA) is 83.9 Å². The van der Waals surface area contributed by atoms with E-state index in [-0.39, 0.29) is 22.0 Å². The first-order chi connectivity index (χ1) is 9.27. The van der Waals surface area contributed by atoms with Crippen molar-refractivity contribution in [1.82, 2.24) is 4.90 Å². The first-order valence-corrected chi connectivity index (χ1v) is 7.72. The molecule has 0 aliphatic carbocycles. The normalized spacial score (nSPS) is 11.6. The number of hydrogen-bond acceptors (Lipinski definition) is 5. The van der Waals surface area contributed by atoms with Gasteiger partial charge in [-0.3, -0.25) is 0 Å². The smallest absolute Gasteiger partial charge is 0.335 e. The van der Waals surface area contributed by atoms with E-state index in [1.165, 1.54) is 19.2 Å². The number of nitrogens with zero attached hydrogens (tertiary/aromatic N) is 1. The zero-order valence-electron chi connectivity index (χ0n) is 11.8.